The maximum atomic E-state index is 12.6. The number of esters is 1. The van der Waals surface area contributed by atoms with E-state index >= 15 is 0 Å². The molecule has 1 aliphatic rings. The second-order valence-electron chi connectivity index (χ2n) is 7.27. The largest absolute Gasteiger partial charge is 0.481 e. The summed E-state index contributed by atoms with van der Waals surface area (Å²) in [6.45, 7) is 2.39. The Labute approximate surface area is 154 Å². The highest BCUT2D eigenvalue weighted by Crippen LogP contribution is 2.39. The number of ether oxygens (including phenoxy) is 1. The molecule has 1 N–H and O–H groups in total. The number of para-hydroxylation sites is 1. The molecule has 1 aliphatic carbocycles. The number of hydrogen-bond acceptors (Lipinski definition) is 3. The molecule has 5 heteroatoms. The van der Waals surface area contributed by atoms with Gasteiger partial charge in [0.2, 0.25) is 0 Å². The molecule has 1 saturated carbocycles. The number of carbonyl (C=O) groups excluding carboxylic acids is 1. The SMILES string of the molecule is COC(=O)C(CC1CCCC1)c1c(C)n(CCC(=O)O)c2ccccc12. The predicted molar refractivity (Wildman–Crippen MR) is 100 cm³/mol. The Balaban J connectivity index is 2.06. The first kappa shape index (κ1) is 18.5. The first-order valence-electron chi connectivity index (χ1n) is 9.40. The summed E-state index contributed by atoms with van der Waals surface area (Å²) in [5, 5.41) is 10.1. The lowest BCUT2D eigenvalue weighted by Crippen LogP contribution is -2.18. The highest BCUT2D eigenvalue weighted by Gasteiger charge is 2.31. The summed E-state index contributed by atoms with van der Waals surface area (Å²) < 4.78 is 7.18. The van der Waals surface area contributed by atoms with Crippen molar-refractivity contribution in [1.29, 1.82) is 0 Å². The molecule has 0 aliphatic heterocycles. The number of aromatic nitrogens is 1. The van der Waals surface area contributed by atoms with Crippen LogP contribution in [0.1, 0.15) is 55.7 Å². The highest BCUT2D eigenvalue weighted by atomic mass is 16.5. The fourth-order valence-corrected chi connectivity index (χ4v) is 4.45. The second-order valence-corrected chi connectivity index (χ2v) is 7.27. The molecular formula is C21H27NO4. The number of nitrogens with zero attached hydrogens (tertiary/aromatic N) is 1. The highest BCUT2D eigenvalue weighted by molar-refractivity contribution is 5.92. The molecule has 1 heterocycles. The Morgan fingerprint density at radius 1 is 1.27 bits per heavy atom. The van der Waals surface area contributed by atoms with Crippen LogP contribution in [0.2, 0.25) is 0 Å². The standard InChI is InChI=1S/C21H27NO4/c1-14-20(17(21(25)26-2)13-15-7-3-4-8-15)16-9-5-6-10-18(16)22(14)12-11-19(23)24/h5-6,9-10,15,17H,3-4,7-8,11-13H2,1-2H3,(H,23,24). The smallest absolute Gasteiger partial charge is 0.313 e. The van der Waals surface area contributed by atoms with Crippen molar-refractivity contribution >= 4 is 22.8 Å². The average molecular weight is 357 g/mol. The number of carbonyl (C=O) groups is 2. The van der Waals surface area contributed by atoms with Gasteiger partial charge in [-0.05, 0) is 30.9 Å². The molecule has 140 valence electrons. The van der Waals surface area contributed by atoms with Gasteiger partial charge in [-0.2, -0.15) is 0 Å². The van der Waals surface area contributed by atoms with Crippen molar-refractivity contribution in [3.63, 3.8) is 0 Å². The molecule has 0 amide bonds. The van der Waals surface area contributed by atoms with Gasteiger partial charge in [-0.3, -0.25) is 9.59 Å². The van der Waals surface area contributed by atoms with Gasteiger partial charge in [0.1, 0.15) is 0 Å². The van der Waals surface area contributed by atoms with Gasteiger partial charge in [-0.15, -0.1) is 0 Å². The van der Waals surface area contributed by atoms with Crippen LogP contribution < -0.4 is 0 Å². The van der Waals surface area contributed by atoms with Gasteiger partial charge in [-0.1, -0.05) is 43.9 Å². The van der Waals surface area contributed by atoms with E-state index in [1.54, 1.807) is 0 Å². The lowest BCUT2D eigenvalue weighted by molar-refractivity contribution is -0.143. The first-order valence-corrected chi connectivity index (χ1v) is 9.40. The summed E-state index contributed by atoms with van der Waals surface area (Å²) in [5.41, 5.74) is 2.96. The Kier molecular flexibility index (Phi) is 5.64. The minimum atomic E-state index is -0.820. The molecule has 1 aromatic carbocycles. The molecular weight excluding hydrogens is 330 g/mol. The van der Waals surface area contributed by atoms with Gasteiger partial charge in [0, 0.05) is 23.1 Å². The summed E-state index contributed by atoms with van der Waals surface area (Å²) in [6, 6.07) is 7.95. The predicted octanol–water partition coefficient (Wildman–Crippen LogP) is 4.26. The topological polar surface area (TPSA) is 68.5 Å². The molecule has 26 heavy (non-hydrogen) atoms. The van der Waals surface area contributed by atoms with Crippen LogP contribution in [-0.4, -0.2) is 28.7 Å². The quantitative estimate of drug-likeness (QED) is 0.752. The van der Waals surface area contributed by atoms with Crippen LogP contribution in [0.4, 0.5) is 0 Å². The van der Waals surface area contributed by atoms with E-state index in [2.05, 4.69) is 0 Å². The molecule has 1 atom stereocenters. The number of methoxy groups -OCH3 is 1. The van der Waals surface area contributed by atoms with E-state index in [-0.39, 0.29) is 18.3 Å². The lowest BCUT2D eigenvalue weighted by atomic mass is 9.86. The molecule has 3 rings (SSSR count). The number of aliphatic carboxylic acids is 1. The summed E-state index contributed by atoms with van der Waals surface area (Å²) >= 11 is 0. The van der Waals surface area contributed by atoms with Gasteiger partial charge in [0.05, 0.1) is 19.4 Å². The van der Waals surface area contributed by atoms with Crippen molar-refractivity contribution in [2.75, 3.05) is 7.11 Å². The Morgan fingerprint density at radius 2 is 1.96 bits per heavy atom. The van der Waals surface area contributed by atoms with E-state index in [0.29, 0.717) is 12.5 Å². The molecule has 0 radical (unpaired) electrons. The minimum Gasteiger partial charge on any atom is -0.481 e. The van der Waals surface area contributed by atoms with Gasteiger partial charge in [0.25, 0.3) is 0 Å². The molecule has 0 saturated heterocycles. The number of carboxylic acids is 1. The zero-order chi connectivity index (χ0) is 18.7. The Hall–Kier alpha value is -2.30. The van der Waals surface area contributed by atoms with Gasteiger partial charge in [0.15, 0.2) is 0 Å². The van der Waals surface area contributed by atoms with Crippen LogP contribution in [0, 0.1) is 12.8 Å². The zero-order valence-corrected chi connectivity index (χ0v) is 15.5. The van der Waals surface area contributed by atoms with E-state index in [0.717, 1.165) is 28.6 Å². The number of aryl methyl sites for hydroxylation is 1. The van der Waals surface area contributed by atoms with Crippen molar-refractivity contribution in [3.05, 3.63) is 35.5 Å². The van der Waals surface area contributed by atoms with Crippen LogP contribution in [0.3, 0.4) is 0 Å². The third-order valence-corrected chi connectivity index (χ3v) is 5.71. The number of carboxylic acid groups (broad SMARTS) is 1. The summed E-state index contributed by atoms with van der Waals surface area (Å²) in [4.78, 5) is 23.7. The van der Waals surface area contributed by atoms with Crippen molar-refractivity contribution in [2.45, 2.75) is 57.9 Å². The van der Waals surface area contributed by atoms with Gasteiger partial charge < -0.3 is 14.4 Å². The maximum Gasteiger partial charge on any atom is 0.313 e. The van der Waals surface area contributed by atoms with E-state index in [4.69, 9.17) is 9.84 Å². The minimum absolute atomic E-state index is 0.0600. The van der Waals surface area contributed by atoms with E-state index in [1.807, 2.05) is 35.8 Å². The van der Waals surface area contributed by atoms with Gasteiger partial charge >= 0.3 is 11.9 Å². The van der Waals surface area contributed by atoms with Crippen LogP contribution >= 0.6 is 0 Å². The van der Waals surface area contributed by atoms with Gasteiger partial charge in [-0.25, -0.2) is 0 Å². The second kappa shape index (κ2) is 7.94. The first-order chi connectivity index (χ1) is 12.5. The third-order valence-electron chi connectivity index (χ3n) is 5.71. The van der Waals surface area contributed by atoms with Crippen LogP contribution in [0.15, 0.2) is 24.3 Å². The van der Waals surface area contributed by atoms with E-state index in [9.17, 15) is 9.59 Å². The summed E-state index contributed by atoms with van der Waals surface area (Å²) in [6.07, 6.45) is 5.68. The zero-order valence-electron chi connectivity index (χ0n) is 15.5. The molecule has 0 bridgehead atoms. The fourth-order valence-electron chi connectivity index (χ4n) is 4.45. The number of benzene rings is 1. The van der Waals surface area contributed by atoms with E-state index in [1.165, 1.54) is 32.8 Å². The number of hydrogen-bond donors (Lipinski definition) is 1. The fraction of sp³-hybridized carbons (Fsp3) is 0.524. The summed E-state index contributed by atoms with van der Waals surface area (Å²) in [5.74, 6) is -0.751. The normalized spacial score (nSPS) is 16.1. The summed E-state index contributed by atoms with van der Waals surface area (Å²) in [7, 11) is 1.45. The molecule has 1 aromatic heterocycles. The molecule has 0 spiro atoms. The number of fused-ring (bicyclic) bond motifs is 1. The van der Waals surface area contributed by atoms with Crippen LogP contribution in [0.25, 0.3) is 10.9 Å². The average Bonchev–Trinajstić information content (AvgIpc) is 3.23. The van der Waals surface area contributed by atoms with Crippen molar-refractivity contribution in [2.24, 2.45) is 5.92 Å². The van der Waals surface area contributed by atoms with E-state index < -0.39 is 5.97 Å². The van der Waals surface area contributed by atoms with Crippen molar-refractivity contribution < 1.29 is 19.4 Å². The number of rotatable bonds is 7. The van der Waals surface area contributed by atoms with Crippen molar-refractivity contribution in [1.82, 2.24) is 4.57 Å². The molecule has 5 nitrogen and oxygen atoms in total. The maximum absolute atomic E-state index is 12.6. The molecule has 1 fully saturated rings. The Bertz CT molecular complexity index is 802. The third kappa shape index (κ3) is 3.62. The monoisotopic (exact) mass is 357 g/mol. The molecule has 2 aromatic rings. The van der Waals surface area contributed by atoms with Crippen LogP contribution in [-0.2, 0) is 20.9 Å². The van der Waals surface area contributed by atoms with Crippen LogP contribution in [0.5, 0.6) is 0 Å². The molecule has 1 unspecified atom stereocenters. The van der Waals surface area contributed by atoms with Crippen molar-refractivity contribution in [3.8, 4) is 0 Å². The lowest BCUT2D eigenvalue weighted by Gasteiger charge is -2.19. The Morgan fingerprint density at radius 3 is 2.62 bits per heavy atom.